The minimum Gasteiger partial charge on any atom is -0.394 e. The van der Waals surface area contributed by atoms with Crippen LogP contribution in [0.3, 0.4) is 0 Å². The molecule has 5 heteroatoms. The summed E-state index contributed by atoms with van der Waals surface area (Å²) in [5, 5.41) is 9.06. The fourth-order valence-electron chi connectivity index (χ4n) is 2.19. The molecule has 0 bridgehead atoms. The van der Waals surface area contributed by atoms with E-state index in [-0.39, 0.29) is 31.1 Å². The molecule has 1 heterocycles. The molecule has 1 aliphatic rings. The Morgan fingerprint density at radius 1 is 1.47 bits per heavy atom. The minimum absolute atomic E-state index is 0.0121. The van der Waals surface area contributed by atoms with E-state index in [0.717, 1.165) is 5.56 Å². The maximum absolute atomic E-state index is 12.2. The summed E-state index contributed by atoms with van der Waals surface area (Å²) in [5.41, 5.74) is 7.00. The molecule has 1 aliphatic heterocycles. The predicted octanol–water partition coefficient (Wildman–Crippen LogP) is 0.296. The topological polar surface area (TPSA) is 75.8 Å². The summed E-state index contributed by atoms with van der Waals surface area (Å²) in [5.74, 6) is 0.0121. The number of aliphatic hydroxyl groups excluding tert-OH is 1. The minimum atomic E-state index is -0.288. The van der Waals surface area contributed by atoms with E-state index in [0.29, 0.717) is 19.7 Å². The molecule has 2 unspecified atom stereocenters. The number of ether oxygens (including phenoxy) is 1. The van der Waals surface area contributed by atoms with Gasteiger partial charge in [0.2, 0.25) is 5.91 Å². The Bertz CT molecular complexity index is 410. The van der Waals surface area contributed by atoms with Crippen molar-refractivity contribution >= 4 is 5.91 Å². The lowest BCUT2D eigenvalue weighted by Gasteiger charge is -2.32. The molecule has 5 nitrogen and oxygen atoms in total. The van der Waals surface area contributed by atoms with Gasteiger partial charge in [-0.05, 0) is 5.56 Å². The highest BCUT2D eigenvalue weighted by molar-refractivity contribution is 5.77. The first-order valence-corrected chi connectivity index (χ1v) is 6.51. The predicted molar refractivity (Wildman–Crippen MR) is 71.4 cm³/mol. The molecule has 0 aliphatic carbocycles. The lowest BCUT2D eigenvalue weighted by atomic mass is 10.0. The summed E-state index contributed by atoms with van der Waals surface area (Å²) in [6, 6.07) is 9.31. The highest BCUT2D eigenvalue weighted by atomic mass is 16.5. The van der Waals surface area contributed by atoms with Gasteiger partial charge < -0.3 is 20.5 Å². The molecule has 1 aromatic carbocycles. The lowest BCUT2D eigenvalue weighted by Crippen LogP contribution is -2.47. The first-order valence-electron chi connectivity index (χ1n) is 6.51. The maximum atomic E-state index is 12.2. The number of morpholine rings is 1. The van der Waals surface area contributed by atoms with Crippen molar-refractivity contribution in [1.29, 1.82) is 0 Å². The van der Waals surface area contributed by atoms with Crippen LogP contribution in [0.15, 0.2) is 30.3 Å². The van der Waals surface area contributed by atoms with Gasteiger partial charge in [-0.3, -0.25) is 4.79 Å². The Kier molecular flexibility index (Phi) is 4.90. The number of carbonyl (C=O) groups is 1. The Morgan fingerprint density at radius 2 is 2.21 bits per heavy atom. The highest BCUT2D eigenvalue weighted by Gasteiger charge is 2.24. The standard InChI is InChI=1S/C14H20N2O3/c15-13(11-4-2-1-3-5-11)8-14(18)16-6-7-19-12(9-16)10-17/h1-5,12-13,17H,6-10,15H2. The van der Waals surface area contributed by atoms with Gasteiger partial charge in [0.1, 0.15) is 0 Å². The van der Waals surface area contributed by atoms with E-state index in [9.17, 15) is 4.79 Å². The quantitative estimate of drug-likeness (QED) is 0.820. The fraction of sp³-hybridized carbons (Fsp3) is 0.500. The molecule has 0 aromatic heterocycles. The first-order chi connectivity index (χ1) is 9.20. The van der Waals surface area contributed by atoms with E-state index in [1.807, 2.05) is 30.3 Å². The van der Waals surface area contributed by atoms with Crippen LogP contribution in [0.2, 0.25) is 0 Å². The molecule has 1 amide bonds. The van der Waals surface area contributed by atoms with Crippen LogP contribution in [0.1, 0.15) is 18.0 Å². The monoisotopic (exact) mass is 264 g/mol. The van der Waals surface area contributed by atoms with Gasteiger partial charge in [0.15, 0.2) is 0 Å². The summed E-state index contributed by atoms with van der Waals surface area (Å²) in [6.07, 6.45) is 0.00738. The van der Waals surface area contributed by atoms with Crippen LogP contribution >= 0.6 is 0 Å². The highest BCUT2D eigenvalue weighted by Crippen LogP contribution is 2.16. The second-order valence-electron chi connectivity index (χ2n) is 4.74. The Balaban J connectivity index is 1.90. The van der Waals surface area contributed by atoms with Crippen molar-refractivity contribution in [2.45, 2.75) is 18.6 Å². The number of nitrogens with zero attached hydrogens (tertiary/aromatic N) is 1. The molecule has 3 N–H and O–H groups in total. The first kappa shape index (κ1) is 14.0. The number of hydrogen-bond acceptors (Lipinski definition) is 4. The van der Waals surface area contributed by atoms with Crippen molar-refractivity contribution in [2.75, 3.05) is 26.3 Å². The van der Waals surface area contributed by atoms with E-state index in [2.05, 4.69) is 0 Å². The van der Waals surface area contributed by atoms with Gasteiger partial charge >= 0.3 is 0 Å². The van der Waals surface area contributed by atoms with Crippen molar-refractivity contribution < 1.29 is 14.6 Å². The van der Waals surface area contributed by atoms with Crippen LogP contribution < -0.4 is 5.73 Å². The van der Waals surface area contributed by atoms with Gasteiger partial charge in [0, 0.05) is 25.6 Å². The SMILES string of the molecule is NC(CC(=O)N1CCOC(CO)C1)c1ccccc1. The number of benzene rings is 1. The second-order valence-corrected chi connectivity index (χ2v) is 4.74. The molecule has 1 aromatic rings. The number of hydrogen-bond donors (Lipinski definition) is 2. The number of amides is 1. The summed E-state index contributed by atoms with van der Waals surface area (Å²) in [7, 11) is 0. The summed E-state index contributed by atoms with van der Waals surface area (Å²) in [4.78, 5) is 13.9. The Hall–Kier alpha value is -1.43. The number of rotatable bonds is 4. The number of aliphatic hydroxyl groups is 1. The van der Waals surface area contributed by atoms with Gasteiger partial charge in [-0.1, -0.05) is 30.3 Å². The molecule has 0 spiro atoms. The number of nitrogens with two attached hydrogens (primary N) is 1. The van der Waals surface area contributed by atoms with Crippen LogP contribution in [0.4, 0.5) is 0 Å². The van der Waals surface area contributed by atoms with Crippen molar-refractivity contribution in [3.63, 3.8) is 0 Å². The zero-order valence-corrected chi connectivity index (χ0v) is 10.9. The van der Waals surface area contributed by atoms with Gasteiger partial charge in [-0.2, -0.15) is 0 Å². The zero-order valence-electron chi connectivity index (χ0n) is 10.9. The second kappa shape index (κ2) is 6.65. The van der Waals surface area contributed by atoms with Crippen molar-refractivity contribution in [2.24, 2.45) is 5.73 Å². The van der Waals surface area contributed by atoms with Crippen LogP contribution in [0.25, 0.3) is 0 Å². The Morgan fingerprint density at radius 3 is 2.89 bits per heavy atom. The number of carbonyl (C=O) groups excluding carboxylic acids is 1. The summed E-state index contributed by atoms with van der Waals surface area (Å²) >= 11 is 0. The molecule has 2 atom stereocenters. The largest absolute Gasteiger partial charge is 0.394 e. The van der Waals surface area contributed by atoms with Gasteiger partial charge in [-0.25, -0.2) is 0 Å². The average molecular weight is 264 g/mol. The molecule has 0 saturated carbocycles. The third-order valence-electron chi connectivity index (χ3n) is 3.32. The average Bonchev–Trinajstić information content (AvgIpc) is 2.48. The Labute approximate surface area is 113 Å². The van der Waals surface area contributed by atoms with Crippen molar-refractivity contribution in [3.05, 3.63) is 35.9 Å². The molecule has 1 saturated heterocycles. The molecule has 0 radical (unpaired) electrons. The third kappa shape index (κ3) is 3.76. The van der Waals surface area contributed by atoms with Crippen molar-refractivity contribution in [3.8, 4) is 0 Å². The molecular weight excluding hydrogens is 244 g/mol. The van der Waals surface area contributed by atoms with Gasteiger partial charge in [0.05, 0.1) is 19.3 Å². The van der Waals surface area contributed by atoms with Gasteiger partial charge in [0.25, 0.3) is 0 Å². The molecular formula is C14H20N2O3. The molecule has 19 heavy (non-hydrogen) atoms. The third-order valence-corrected chi connectivity index (χ3v) is 3.32. The van der Waals surface area contributed by atoms with Crippen molar-refractivity contribution in [1.82, 2.24) is 4.90 Å². The smallest absolute Gasteiger partial charge is 0.224 e. The van der Waals surface area contributed by atoms with Gasteiger partial charge in [-0.15, -0.1) is 0 Å². The van der Waals surface area contributed by atoms with Crippen LogP contribution in [-0.4, -0.2) is 48.3 Å². The molecule has 1 fully saturated rings. The molecule has 104 valence electrons. The van der Waals surface area contributed by atoms with E-state index >= 15 is 0 Å². The normalized spacial score (nSPS) is 21.2. The van der Waals surface area contributed by atoms with E-state index in [4.69, 9.17) is 15.6 Å². The molecule has 2 rings (SSSR count). The van der Waals surface area contributed by atoms with E-state index in [1.54, 1.807) is 4.90 Å². The van der Waals surface area contributed by atoms with Crippen LogP contribution in [-0.2, 0) is 9.53 Å². The lowest BCUT2D eigenvalue weighted by molar-refractivity contribution is -0.140. The van der Waals surface area contributed by atoms with E-state index < -0.39 is 0 Å². The van der Waals surface area contributed by atoms with Crippen LogP contribution in [0.5, 0.6) is 0 Å². The fourth-order valence-corrected chi connectivity index (χ4v) is 2.19. The summed E-state index contributed by atoms with van der Waals surface area (Å²) < 4.78 is 5.32. The summed E-state index contributed by atoms with van der Waals surface area (Å²) in [6.45, 7) is 1.42. The van der Waals surface area contributed by atoms with E-state index in [1.165, 1.54) is 0 Å². The zero-order chi connectivity index (χ0) is 13.7. The maximum Gasteiger partial charge on any atom is 0.224 e. The van der Waals surface area contributed by atoms with Crippen LogP contribution in [0, 0.1) is 0 Å².